The molecule has 17 heavy (non-hydrogen) atoms. The van der Waals surface area contributed by atoms with Crippen molar-refractivity contribution in [2.24, 2.45) is 5.92 Å². The van der Waals surface area contributed by atoms with E-state index in [1.54, 1.807) is 7.11 Å². The van der Waals surface area contributed by atoms with Gasteiger partial charge in [0.2, 0.25) is 0 Å². The lowest BCUT2D eigenvalue weighted by atomic mass is 10.1. The number of methoxy groups -OCH3 is 1. The average molecular weight is 256 g/mol. The molecule has 5 heteroatoms. The molecule has 1 aromatic heterocycles. The van der Waals surface area contributed by atoms with Crippen molar-refractivity contribution in [2.75, 3.05) is 31.3 Å². The zero-order valence-electron chi connectivity index (χ0n) is 11.0. The van der Waals surface area contributed by atoms with E-state index in [4.69, 9.17) is 10.5 Å². The fourth-order valence-corrected chi connectivity index (χ4v) is 2.76. The topological polar surface area (TPSA) is 55.6 Å². The molecule has 0 spiro atoms. The van der Waals surface area contributed by atoms with Crippen molar-refractivity contribution in [1.29, 1.82) is 0 Å². The lowest BCUT2D eigenvalue weighted by molar-refractivity contribution is 0.0944. The molecule has 0 saturated heterocycles. The Bertz CT molecular complexity index is 413. The summed E-state index contributed by atoms with van der Waals surface area (Å²) in [5.41, 5.74) is 6.45. The summed E-state index contributed by atoms with van der Waals surface area (Å²) in [6, 6.07) is 0. The number of carbonyl (C=O) groups excluding carboxylic acids is 1. The van der Waals surface area contributed by atoms with Crippen LogP contribution in [0.4, 0.5) is 10.7 Å². The van der Waals surface area contributed by atoms with Gasteiger partial charge in [0.05, 0.1) is 17.7 Å². The third kappa shape index (κ3) is 2.54. The minimum Gasteiger partial charge on any atom is -0.492 e. The number of nitrogens with zero attached hydrogens (tertiary/aromatic N) is 1. The number of Topliss-reactive ketones (excluding diaryl/α,β-unsaturated/α-hetero) is 1. The van der Waals surface area contributed by atoms with Gasteiger partial charge >= 0.3 is 0 Å². The smallest absolute Gasteiger partial charge is 0.177 e. The molecule has 96 valence electrons. The molecule has 1 heterocycles. The summed E-state index contributed by atoms with van der Waals surface area (Å²) in [5, 5.41) is 0.913. The molecule has 4 nitrogen and oxygen atoms in total. The molecule has 0 amide bonds. The summed E-state index contributed by atoms with van der Waals surface area (Å²) >= 11 is 1.41. The molecule has 0 radical (unpaired) electrons. The van der Waals surface area contributed by atoms with Crippen LogP contribution in [0.15, 0.2) is 0 Å². The number of ether oxygens (including phenoxy) is 1. The first-order chi connectivity index (χ1) is 7.93. The van der Waals surface area contributed by atoms with E-state index < -0.39 is 0 Å². The Labute approximate surface area is 106 Å². The maximum Gasteiger partial charge on any atom is 0.177 e. The zero-order chi connectivity index (χ0) is 13.2. The monoisotopic (exact) mass is 256 g/mol. The number of anilines is 2. The van der Waals surface area contributed by atoms with Gasteiger partial charge in [-0.1, -0.05) is 13.8 Å². The van der Waals surface area contributed by atoms with Crippen molar-refractivity contribution < 1.29 is 9.53 Å². The zero-order valence-corrected chi connectivity index (χ0v) is 11.9. The van der Waals surface area contributed by atoms with Gasteiger partial charge < -0.3 is 15.4 Å². The van der Waals surface area contributed by atoms with Crippen molar-refractivity contribution in [1.82, 2.24) is 0 Å². The molecular weight excluding hydrogens is 236 g/mol. The number of carbonyl (C=O) groups is 1. The SMILES string of the molecule is CCN(C)c1sc(C(=O)C(C)C)c(N)c1OC. The Morgan fingerprint density at radius 3 is 2.53 bits per heavy atom. The first kappa shape index (κ1) is 13.8. The number of nitrogen functional groups attached to an aromatic ring is 1. The summed E-state index contributed by atoms with van der Waals surface area (Å²) in [6.07, 6.45) is 0. The van der Waals surface area contributed by atoms with Gasteiger partial charge in [0.25, 0.3) is 0 Å². The molecule has 0 bridgehead atoms. The highest BCUT2D eigenvalue weighted by atomic mass is 32.1. The molecular formula is C12H20N2O2S. The van der Waals surface area contributed by atoms with Gasteiger partial charge in [0.15, 0.2) is 11.5 Å². The lowest BCUT2D eigenvalue weighted by Crippen LogP contribution is -2.15. The Balaban J connectivity index is 3.27. The van der Waals surface area contributed by atoms with Crippen molar-refractivity contribution in [3.8, 4) is 5.75 Å². The second kappa shape index (κ2) is 5.40. The number of ketones is 1. The van der Waals surface area contributed by atoms with Gasteiger partial charge in [-0.3, -0.25) is 4.79 Å². The first-order valence-corrected chi connectivity index (χ1v) is 6.47. The van der Waals surface area contributed by atoms with Gasteiger partial charge in [-0.2, -0.15) is 0 Å². The molecule has 1 aromatic rings. The van der Waals surface area contributed by atoms with Crippen LogP contribution in [-0.2, 0) is 0 Å². The minimum absolute atomic E-state index is 0.0551. The molecule has 0 aliphatic heterocycles. The van der Waals surface area contributed by atoms with Crippen molar-refractivity contribution in [3.05, 3.63) is 4.88 Å². The fourth-order valence-electron chi connectivity index (χ4n) is 1.45. The van der Waals surface area contributed by atoms with Gasteiger partial charge in [-0.05, 0) is 6.92 Å². The van der Waals surface area contributed by atoms with E-state index in [1.165, 1.54) is 11.3 Å². The predicted octanol–water partition coefficient (Wildman–Crippen LogP) is 2.63. The van der Waals surface area contributed by atoms with E-state index in [0.29, 0.717) is 16.3 Å². The van der Waals surface area contributed by atoms with Crippen LogP contribution in [0, 0.1) is 5.92 Å². The van der Waals surface area contributed by atoms with E-state index in [2.05, 4.69) is 0 Å². The third-order valence-corrected chi connectivity index (χ3v) is 3.97. The minimum atomic E-state index is -0.0551. The van der Waals surface area contributed by atoms with Crippen LogP contribution >= 0.6 is 11.3 Å². The maximum atomic E-state index is 12.0. The molecule has 1 rings (SSSR count). The van der Waals surface area contributed by atoms with Crippen molar-refractivity contribution in [2.45, 2.75) is 20.8 Å². The Morgan fingerprint density at radius 1 is 1.53 bits per heavy atom. The maximum absolute atomic E-state index is 12.0. The Morgan fingerprint density at radius 2 is 2.12 bits per heavy atom. The second-order valence-corrected chi connectivity index (χ2v) is 5.22. The summed E-state index contributed by atoms with van der Waals surface area (Å²) in [5.74, 6) is 0.630. The molecule has 0 unspecified atom stereocenters. The van der Waals surface area contributed by atoms with E-state index >= 15 is 0 Å². The van der Waals surface area contributed by atoms with Crippen LogP contribution in [-0.4, -0.2) is 26.5 Å². The van der Waals surface area contributed by atoms with E-state index in [0.717, 1.165) is 11.5 Å². The average Bonchev–Trinajstić information content (AvgIpc) is 2.64. The molecule has 2 N–H and O–H groups in total. The van der Waals surface area contributed by atoms with Gasteiger partial charge in [0, 0.05) is 19.5 Å². The molecule has 0 atom stereocenters. The predicted molar refractivity (Wildman–Crippen MR) is 73.4 cm³/mol. The quantitative estimate of drug-likeness (QED) is 0.823. The number of hydrogen-bond acceptors (Lipinski definition) is 5. The van der Waals surface area contributed by atoms with Crippen molar-refractivity contribution >= 4 is 27.8 Å². The highest BCUT2D eigenvalue weighted by molar-refractivity contribution is 7.19. The Hall–Kier alpha value is -1.23. The normalized spacial score (nSPS) is 10.7. The van der Waals surface area contributed by atoms with E-state index in [9.17, 15) is 4.79 Å². The van der Waals surface area contributed by atoms with Crippen molar-refractivity contribution in [3.63, 3.8) is 0 Å². The van der Waals surface area contributed by atoms with Crippen LogP contribution in [0.1, 0.15) is 30.4 Å². The van der Waals surface area contributed by atoms with Crippen LogP contribution in [0.2, 0.25) is 0 Å². The van der Waals surface area contributed by atoms with Crippen LogP contribution in [0.25, 0.3) is 0 Å². The van der Waals surface area contributed by atoms with Crippen LogP contribution in [0.3, 0.4) is 0 Å². The highest BCUT2D eigenvalue weighted by Crippen LogP contribution is 2.44. The lowest BCUT2D eigenvalue weighted by Gasteiger charge is -2.15. The second-order valence-electron chi connectivity index (χ2n) is 4.22. The van der Waals surface area contributed by atoms with Gasteiger partial charge in [0.1, 0.15) is 5.00 Å². The number of hydrogen-bond donors (Lipinski definition) is 1. The summed E-state index contributed by atoms with van der Waals surface area (Å²) in [4.78, 5) is 14.6. The number of thiophene rings is 1. The van der Waals surface area contributed by atoms with Crippen LogP contribution < -0.4 is 15.4 Å². The van der Waals surface area contributed by atoms with E-state index in [1.807, 2.05) is 32.7 Å². The number of nitrogens with two attached hydrogens (primary N) is 1. The largest absolute Gasteiger partial charge is 0.492 e. The van der Waals surface area contributed by atoms with Crippen LogP contribution in [0.5, 0.6) is 5.75 Å². The molecule has 0 aromatic carbocycles. The summed E-state index contributed by atoms with van der Waals surface area (Å²) in [6.45, 7) is 6.62. The first-order valence-electron chi connectivity index (χ1n) is 5.65. The molecule has 0 aliphatic carbocycles. The Kier molecular flexibility index (Phi) is 4.40. The third-order valence-electron chi connectivity index (χ3n) is 2.66. The molecule has 0 aliphatic rings. The van der Waals surface area contributed by atoms with Gasteiger partial charge in [-0.25, -0.2) is 0 Å². The number of rotatable bonds is 5. The fraction of sp³-hybridized carbons (Fsp3) is 0.583. The highest BCUT2D eigenvalue weighted by Gasteiger charge is 2.24. The molecule has 0 fully saturated rings. The van der Waals surface area contributed by atoms with Gasteiger partial charge in [-0.15, -0.1) is 11.3 Å². The standard InChI is InChI=1S/C12H20N2O2S/c1-6-14(4)12-10(16-5)8(13)11(17-12)9(15)7(2)3/h7H,6,13H2,1-5H3. The van der Waals surface area contributed by atoms with E-state index in [-0.39, 0.29) is 11.7 Å². The summed E-state index contributed by atoms with van der Waals surface area (Å²) < 4.78 is 5.30. The summed E-state index contributed by atoms with van der Waals surface area (Å²) in [7, 11) is 3.53. The molecule has 0 saturated carbocycles.